The van der Waals surface area contributed by atoms with Crippen LogP contribution in [0.25, 0.3) is 11.3 Å². The number of primary amides is 1. The van der Waals surface area contributed by atoms with Crippen LogP contribution in [-0.2, 0) is 19.9 Å². The standard InChI is InChI=1S/C22H26F3N5O4.C2HF3O2/c1-11-3-4-12(21(33,20(27)32)22(23,24)25)9-15(11)16-10-28-18(26)17(30-16)19(31)29-13-5-7-14(34-2)8-6-13;3-2(4,5)1(6)7/h3-4,9-10,13-14,33H,5-8H2,1-2H3,(H2,26,28)(H2,27,32)(H,29,31);(H,6,7). The van der Waals surface area contributed by atoms with Crippen LogP contribution in [0, 0.1) is 6.92 Å². The van der Waals surface area contributed by atoms with Crippen LogP contribution >= 0.6 is 0 Å². The van der Waals surface area contributed by atoms with Crippen LogP contribution in [-0.4, -0.2) is 69.6 Å². The molecule has 0 bridgehead atoms. The van der Waals surface area contributed by atoms with Gasteiger partial charge in [-0.15, -0.1) is 0 Å². The maximum atomic E-state index is 13.5. The quantitative estimate of drug-likeness (QED) is 0.313. The number of amides is 2. The molecule has 2 amide bonds. The normalized spacial score (nSPS) is 18.9. The van der Waals surface area contributed by atoms with Gasteiger partial charge in [-0.05, 0) is 44.2 Å². The SMILES string of the molecule is COC1CCC(NC(=O)c2nc(-c3cc(C(O)(C(N)=O)C(F)(F)F)ccc3C)cnc2N)CC1.O=C(O)C(F)(F)F. The van der Waals surface area contributed by atoms with Gasteiger partial charge in [0.05, 0.1) is 18.0 Å². The highest BCUT2D eigenvalue weighted by atomic mass is 19.4. The predicted octanol–water partition coefficient (Wildman–Crippen LogP) is 2.59. The van der Waals surface area contributed by atoms with Gasteiger partial charge in [-0.1, -0.05) is 12.1 Å². The summed E-state index contributed by atoms with van der Waals surface area (Å²) in [5, 5.41) is 20.1. The molecule has 1 fully saturated rings. The molecule has 7 N–H and O–H groups in total. The van der Waals surface area contributed by atoms with Crippen molar-refractivity contribution in [2.45, 2.75) is 62.7 Å². The van der Waals surface area contributed by atoms with E-state index in [-0.39, 0.29) is 34.9 Å². The number of alkyl halides is 6. The maximum absolute atomic E-state index is 13.5. The van der Waals surface area contributed by atoms with E-state index in [0.717, 1.165) is 25.0 Å². The first-order valence-electron chi connectivity index (χ1n) is 11.8. The molecule has 0 saturated heterocycles. The van der Waals surface area contributed by atoms with Crippen molar-refractivity contribution in [3.63, 3.8) is 0 Å². The van der Waals surface area contributed by atoms with Crippen LogP contribution in [0.1, 0.15) is 47.3 Å². The molecule has 1 saturated carbocycles. The van der Waals surface area contributed by atoms with E-state index < -0.39 is 41.3 Å². The number of nitrogen functional groups attached to an aromatic ring is 1. The molecule has 0 radical (unpaired) electrons. The topological polar surface area (TPSA) is 191 Å². The number of halogens is 6. The molecule has 0 aliphatic heterocycles. The lowest BCUT2D eigenvalue weighted by Gasteiger charge is -2.28. The van der Waals surface area contributed by atoms with Gasteiger partial charge < -0.3 is 31.7 Å². The number of aliphatic carboxylic acids is 1. The minimum atomic E-state index is -5.36. The largest absolute Gasteiger partial charge is 0.490 e. The highest BCUT2D eigenvalue weighted by Crippen LogP contribution is 2.40. The van der Waals surface area contributed by atoms with E-state index in [1.54, 1.807) is 14.0 Å². The number of ether oxygens (including phenoxy) is 1. The van der Waals surface area contributed by atoms with Crippen LogP contribution < -0.4 is 16.8 Å². The van der Waals surface area contributed by atoms with E-state index in [1.165, 1.54) is 12.3 Å². The first-order valence-corrected chi connectivity index (χ1v) is 11.8. The summed E-state index contributed by atoms with van der Waals surface area (Å²) in [6.07, 6.45) is -6.10. The molecule has 17 heteroatoms. The fraction of sp³-hybridized carbons (Fsp3) is 0.458. The van der Waals surface area contributed by atoms with Crippen LogP contribution in [0.15, 0.2) is 24.4 Å². The molecule has 0 spiro atoms. The summed E-state index contributed by atoms with van der Waals surface area (Å²) in [4.78, 5) is 41.5. The lowest BCUT2D eigenvalue weighted by molar-refractivity contribution is -0.255. The Kier molecular flexibility index (Phi) is 10.3. The van der Waals surface area contributed by atoms with Crippen molar-refractivity contribution in [2.24, 2.45) is 5.73 Å². The number of nitrogens with one attached hydrogen (secondary N) is 1. The van der Waals surface area contributed by atoms with Gasteiger partial charge in [0.1, 0.15) is 0 Å². The Morgan fingerprint density at radius 1 is 1.07 bits per heavy atom. The number of nitrogens with zero attached hydrogens (tertiary/aromatic N) is 2. The van der Waals surface area contributed by atoms with Crippen LogP contribution in [0.3, 0.4) is 0 Å². The van der Waals surface area contributed by atoms with E-state index in [9.17, 15) is 41.0 Å². The number of carbonyl (C=O) groups excluding carboxylic acids is 2. The number of hydrogen-bond donors (Lipinski definition) is 5. The fourth-order valence-electron chi connectivity index (χ4n) is 3.96. The lowest BCUT2D eigenvalue weighted by Crippen LogP contribution is -2.52. The second-order valence-electron chi connectivity index (χ2n) is 9.08. The zero-order valence-corrected chi connectivity index (χ0v) is 21.6. The molecule has 1 aromatic heterocycles. The maximum Gasteiger partial charge on any atom is 0.490 e. The highest BCUT2D eigenvalue weighted by molar-refractivity contribution is 5.97. The summed E-state index contributed by atoms with van der Waals surface area (Å²) in [5.41, 5.74) is 6.48. The number of carbonyl (C=O) groups is 3. The number of aliphatic hydroxyl groups is 1. The first kappa shape index (κ1) is 33.2. The van der Waals surface area contributed by atoms with Crippen molar-refractivity contribution in [1.29, 1.82) is 0 Å². The van der Waals surface area contributed by atoms with Gasteiger partial charge in [0, 0.05) is 24.3 Å². The molecule has 1 aliphatic rings. The molecular formula is C24H27F6N5O6. The van der Waals surface area contributed by atoms with E-state index in [4.69, 9.17) is 26.1 Å². The minimum absolute atomic E-state index is 0.0378. The number of benzene rings is 1. The molecule has 1 aromatic carbocycles. The second kappa shape index (κ2) is 12.7. The summed E-state index contributed by atoms with van der Waals surface area (Å²) in [5.74, 6) is -5.44. The van der Waals surface area contributed by atoms with Gasteiger partial charge in [-0.3, -0.25) is 9.59 Å². The number of anilines is 1. The van der Waals surface area contributed by atoms with Crippen molar-refractivity contribution in [3.8, 4) is 11.3 Å². The molecular weight excluding hydrogens is 568 g/mol. The predicted molar refractivity (Wildman–Crippen MR) is 130 cm³/mol. The molecule has 2 aromatic rings. The summed E-state index contributed by atoms with van der Waals surface area (Å²) >= 11 is 0. The first-order chi connectivity index (χ1) is 18.8. The highest BCUT2D eigenvalue weighted by Gasteiger charge is 2.60. The van der Waals surface area contributed by atoms with E-state index in [0.29, 0.717) is 18.4 Å². The number of methoxy groups -OCH3 is 1. The molecule has 1 heterocycles. The van der Waals surface area contributed by atoms with E-state index >= 15 is 0 Å². The van der Waals surface area contributed by atoms with Crippen molar-refractivity contribution in [2.75, 3.05) is 12.8 Å². The van der Waals surface area contributed by atoms with Gasteiger partial charge in [0.15, 0.2) is 11.5 Å². The summed E-state index contributed by atoms with van der Waals surface area (Å²) in [6, 6.07) is 3.06. The molecule has 11 nitrogen and oxygen atoms in total. The average molecular weight is 595 g/mol. The molecule has 41 heavy (non-hydrogen) atoms. The molecule has 1 atom stereocenters. The Bertz CT molecular complexity index is 1280. The fourth-order valence-corrected chi connectivity index (χ4v) is 3.96. The third-order valence-electron chi connectivity index (χ3n) is 6.30. The smallest absolute Gasteiger partial charge is 0.475 e. The Labute approximate surface area is 228 Å². The van der Waals surface area contributed by atoms with Crippen molar-refractivity contribution < 1.29 is 55.7 Å². The van der Waals surface area contributed by atoms with Gasteiger partial charge >= 0.3 is 18.3 Å². The monoisotopic (exact) mass is 595 g/mol. The zero-order valence-electron chi connectivity index (χ0n) is 21.6. The van der Waals surface area contributed by atoms with Gasteiger partial charge in [-0.2, -0.15) is 26.3 Å². The summed E-state index contributed by atoms with van der Waals surface area (Å²) in [6.45, 7) is 1.59. The summed E-state index contributed by atoms with van der Waals surface area (Å²) in [7, 11) is 1.64. The molecule has 3 rings (SSSR count). The number of rotatable bonds is 6. The minimum Gasteiger partial charge on any atom is -0.475 e. The molecule has 1 unspecified atom stereocenters. The molecule has 1 aliphatic carbocycles. The zero-order chi connectivity index (χ0) is 31.3. The van der Waals surface area contributed by atoms with Crippen LogP contribution in [0.2, 0.25) is 0 Å². The van der Waals surface area contributed by atoms with Crippen LogP contribution in [0.4, 0.5) is 32.2 Å². The van der Waals surface area contributed by atoms with Gasteiger partial charge in [0.2, 0.25) is 0 Å². The number of aryl methyl sites for hydroxylation is 1. The van der Waals surface area contributed by atoms with Crippen molar-refractivity contribution in [3.05, 3.63) is 41.2 Å². The Balaban J connectivity index is 0.000000745. The number of aromatic nitrogens is 2. The number of hydrogen-bond acceptors (Lipinski definition) is 8. The number of carboxylic acids is 1. The van der Waals surface area contributed by atoms with E-state index in [2.05, 4.69) is 15.3 Å². The number of nitrogens with two attached hydrogens (primary N) is 2. The Morgan fingerprint density at radius 2 is 1.63 bits per heavy atom. The van der Waals surface area contributed by atoms with Gasteiger partial charge in [0.25, 0.3) is 17.4 Å². The Morgan fingerprint density at radius 3 is 2.10 bits per heavy atom. The van der Waals surface area contributed by atoms with Gasteiger partial charge in [-0.25, -0.2) is 14.8 Å². The van der Waals surface area contributed by atoms with Crippen LogP contribution in [0.5, 0.6) is 0 Å². The summed E-state index contributed by atoms with van der Waals surface area (Å²) < 4.78 is 77.6. The average Bonchev–Trinajstić information content (AvgIpc) is 2.88. The third kappa shape index (κ3) is 7.81. The second-order valence-corrected chi connectivity index (χ2v) is 9.08. The third-order valence-corrected chi connectivity index (χ3v) is 6.30. The van der Waals surface area contributed by atoms with E-state index in [1.807, 2.05) is 0 Å². The van der Waals surface area contributed by atoms with Crippen molar-refractivity contribution in [1.82, 2.24) is 15.3 Å². The number of carboxylic acid groups (broad SMARTS) is 1. The lowest BCUT2D eigenvalue weighted by atomic mass is 9.89. The van der Waals surface area contributed by atoms with Crippen molar-refractivity contribution >= 4 is 23.6 Å². The molecule has 226 valence electrons. The Hall–Kier alpha value is -3.99.